The third kappa shape index (κ3) is 9.13. The van der Waals surface area contributed by atoms with Crippen LogP contribution in [0.15, 0.2) is 110 Å². The van der Waals surface area contributed by atoms with Gasteiger partial charge in [-0.25, -0.2) is 24.1 Å². The number of hydrogen-bond donors (Lipinski definition) is 1. The number of nitrogens with zero attached hydrogens (tertiary/aromatic N) is 6. The Kier molecular flexibility index (Phi) is 12.5. The van der Waals surface area contributed by atoms with Gasteiger partial charge in [0.15, 0.2) is 5.82 Å². The van der Waals surface area contributed by atoms with Crippen LogP contribution in [0.4, 0.5) is 4.39 Å². The summed E-state index contributed by atoms with van der Waals surface area (Å²) in [6.45, 7) is 4.29. The van der Waals surface area contributed by atoms with E-state index >= 15 is 0 Å². The number of methoxy groups -OCH3 is 1. The van der Waals surface area contributed by atoms with Gasteiger partial charge in [0, 0.05) is 74.4 Å². The van der Waals surface area contributed by atoms with Gasteiger partial charge in [-0.15, -0.1) is 0 Å². The molecule has 0 spiro atoms. The van der Waals surface area contributed by atoms with E-state index < -0.39 is 24.0 Å². The zero-order chi connectivity index (χ0) is 44.3. The highest BCUT2D eigenvalue weighted by atomic mass is 35.5. The molecule has 1 N–H and O–H groups in total. The van der Waals surface area contributed by atoms with Crippen LogP contribution in [0.2, 0.25) is 10.2 Å². The summed E-state index contributed by atoms with van der Waals surface area (Å²) in [6, 6.07) is 25.8. The minimum Gasteiger partial charge on any atom is -0.496 e. The molecule has 2 atom stereocenters. The number of carboxylic acid groups (broad SMARTS) is 1. The molecule has 328 valence electrons. The molecule has 7 aromatic rings. The third-order valence-electron chi connectivity index (χ3n) is 11.3. The monoisotopic (exact) mass is 904 g/mol. The fraction of sp³-hybridized carbons (Fsp3) is 0.250. The van der Waals surface area contributed by atoms with Crippen molar-refractivity contribution in [2.75, 3.05) is 53.5 Å². The lowest BCUT2D eigenvalue weighted by Crippen LogP contribution is -2.49. The van der Waals surface area contributed by atoms with Gasteiger partial charge in [-0.2, -0.15) is 0 Å². The molecular weight excluding hydrogens is 862 g/mol. The molecule has 0 unspecified atom stereocenters. The summed E-state index contributed by atoms with van der Waals surface area (Å²) >= 11 is 14.2. The van der Waals surface area contributed by atoms with Gasteiger partial charge in [-0.3, -0.25) is 4.90 Å². The largest absolute Gasteiger partial charge is 0.496 e. The quantitative estimate of drug-likeness (QED) is 0.149. The summed E-state index contributed by atoms with van der Waals surface area (Å²) in [5.74, 6) is 0.721. The molecule has 16 heteroatoms. The Bertz CT molecular complexity index is 2820. The maximum atomic E-state index is 14.3. The summed E-state index contributed by atoms with van der Waals surface area (Å²) in [6.07, 6.45) is 2.69. The number of carboxylic acids is 1. The van der Waals surface area contributed by atoms with Crippen LogP contribution in [-0.4, -0.2) is 106 Å². The first-order chi connectivity index (χ1) is 31.1. The lowest BCUT2D eigenvalue weighted by molar-refractivity contribution is -0.145. The van der Waals surface area contributed by atoms with Crippen molar-refractivity contribution in [3.05, 3.63) is 137 Å². The average molecular weight is 906 g/mol. The number of para-hydroxylation sites is 1. The predicted octanol–water partition coefficient (Wildman–Crippen LogP) is 8.62. The molecule has 0 saturated carbocycles. The fourth-order valence-electron chi connectivity index (χ4n) is 8.00. The van der Waals surface area contributed by atoms with E-state index in [2.05, 4.69) is 26.8 Å². The van der Waals surface area contributed by atoms with Crippen molar-refractivity contribution >= 4 is 34.7 Å². The molecule has 3 aromatic heterocycles. The highest BCUT2D eigenvalue weighted by Crippen LogP contribution is 2.47. The predicted molar refractivity (Wildman–Crippen MR) is 240 cm³/mol. The molecular formula is C48H43Cl2FN6O7. The minimum atomic E-state index is -1.47. The summed E-state index contributed by atoms with van der Waals surface area (Å²) in [7, 11) is 3.69. The fourth-order valence-corrected chi connectivity index (χ4v) is 8.57. The van der Waals surface area contributed by atoms with Crippen LogP contribution in [0.25, 0.3) is 39.2 Å². The van der Waals surface area contributed by atoms with Gasteiger partial charge in [0.25, 0.3) is 0 Å². The van der Waals surface area contributed by atoms with Crippen LogP contribution >= 0.6 is 23.2 Å². The third-order valence-corrected chi connectivity index (χ3v) is 12.0. The molecule has 4 bridgehead atoms. The summed E-state index contributed by atoms with van der Waals surface area (Å²) in [4.78, 5) is 31.6. The normalized spacial score (nSPS) is 17.0. The van der Waals surface area contributed by atoms with Gasteiger partial charge in [-0.1, -0.05) is 53.5 Å². The van der Waals surface area contributed by atoms with Crippen LogP contribution in [-0.2, 0) is 17.8 Å². The average Bonchev–Trinajstić information content (AvgIpc) is 3.61. The zero-order valence-corrected chi connectivity index (χ0v) is 36.4. The van der Waals surface area contributed by atoms with E-state index in [0.717, 1.165) is 31.7 Å². The van der Waals surface area contributed by atoms with Gasteiger partial charge in [0.2, 0.25) is 12.0 Å². The standard InChI is InChI=1S/C48H43Cl2FN6O7/c1-55-19-21-56(22-20-55)26-35-28-61-34-12-14-38(62-27-33-15-16-52-46(54-33)36-5-3-4-6-39(36)60-2)31(23-34)25-41(48(58)59)64-47-44-42(30-9-13-40(63-35)37(49)24-30)43(29-7-10-32(51)11-8-29)45(50)57(44)18-17-53-47/h3-18,23-24,35,41H,19-22,25-28H2,1-2H3,(H,58,59)/t35-,41-/m1/s1. The number of rotatable bonds is 9. The number of piperazine rings is 1. The number of ether oxygens (including phenoxy) is 5. The van der Waals surface area contributed by atoms with Crippen molar-refractivity contribution in [1.82, 2.24) is 29.2 Å². The number of fused-ring (bicyclic) bond motifs is 7. The molecule has 64 heavy (non-hydrogen) atoms. The number of aromatic nitrogens is 4. The van der Waals surface area contributed by atoms with Crippen LogP contribution in [0.5, 0.6) is 28.9 Å². The van der Waals surface area contributed by atoms with Crippen molar-refractivity contribution < 1.29 is 38.0 Å². The second-order valence-corrected chi connectivity index (χ2v) is 16.3. The van der Waals surface area contributed by atoms with Gasteiger partial charge in [0.1, 0.15) is 58.8 Å². The lowest BCUT2D eigenvalue weighted by Gasteiger charge is -2.34. The molecule has 13 nitrogen and oxygen atoms in total. The van der Waals surface area contributed by atoms with Gasteiger partial charge in [0.05, 0.1) is 23.4 Å². The lowest BCUT2D eigenvalue weighted by atomic mass is 9.97. The number of benzene rings is 4. The van der Waals surface area contributed by atoms with E-state index in [1.54, 1.807) is 72.4 Å². The van der Waals surface area contributed by atoms with E-state index in [1.807, 2.05) is 30.3 Å². The highest BCUT2D eigenvalue weighted by Gasteiger charge is 2.30. The zero-order valence-electron chi connectivity index (χ0n) is 34.9. The number of halogens is 3. The van der Waals surface area contributed by atoms with Crippen LogP contribution in [0.3, 0.4) is 0 Å². The molecule has 10 rings (SSSR count). The SMILES string of the molecule is COc1ccccc1-c1nccc(COc2ccc3cc2C[C@H](C(=O)O)Oc2nccn4c(Cl)c(-c5ccc(F)cc5)c(c24)-c2ccc(c(Cl)c2)O[C@H](CN2CCN(C)CC2)CO3)n1. The maximum absolute atomic E-state index is 14.3. The van der Waals surface area contributed by atoms with Crippen molar-refractivity contribution in [2.45, 2.75) is 25.2 Å². The second kappa shape index (κ2) is 18.7. The molecule has 1 saturated heterocycles. The van der Waals surface area contributed by atoms with Crippen molar-refractivity contribution in [1.29, 1.82) is 0 Å². The number of aliphatic carboxylic acids is 1. The Morgan fingerprint density at radius 2 is 1.69 bits per heavy atom. The first-order valence-corrected chi connectivity index (χ1v) is 21.4. The minimum absolute atomic E-state index is 0.00658. The van der Waals surface area contributed by atoms with Gasteiger partial charge < -0.3 is 38.1 Å². The van der Waals surface area contributed by atoms with Gasteiger partial charge in [-0.05, 0) is 78.8 Å². The molecule has 4 aromatic carbocycles. The maximum Gasteiger partial charge on any atom is 0.345 e. The molecule has 0 amide bonds. The van der Waals surface area contributed by atoms with Crippen molar-refractivity contribution in [2.24, 2.45) is 0 Å². The topological polar surface area (TPSA) is 133 Å². The summed E-state index contributed by atoms with van der Waals surface area (Å²) in [5.41, 5.74) is 4.48. The molecule has 3 aliphatic rings. The van der Waals surface area contributed by atoms with Crippen LogP contribution in [0.1, 0.15) is 11.3 Å². The molecule has 6 heterocycles. The Morgan fingerprint density at radius 1 is 0.891 bits per heavy atom. The summed E-state index contributed by atoms with van der Waals surface area (Å²) < 4.78 is 47.4. The van der Waals surface area contributed by atoms with Crippen LogP contribution in [0, 0.1) is 5.82 Å². The van der Waals surface area contributed by atoms with Crippen LogP contribution < -0.4 is 23.7 Å². The molecule has 0 aliphatic carbocycles. The highest BCUT2D eigenvalue weighted by molar-refractivity contribution is 6.35. The first kappa shape index (κ1) is 42.8. The molecule has 1 fully saturated rings. The van der Waals surface area contributed by atoms with Crippen molar-refractivity contribution in [3.63, 3.8) is 0 Å². The Morgan fingerprint density at radius 3 is 2.47 bits per heavy atom. The van der Waals surface area contributed by atoms with E-state index in [4.69, 9.17) is 51.9 Å². The van der Waals surface area contributed by atoms with E-state index in [9.17, 15) is 14.3 Å². The number of hydrogen-bond acceptors (Lipinski definition) is 11. The van der Waals surface area contributed by atoms with Gasteiger partial charge >= 0.3 is 5.97 Å². The summed E-state index contributed by atoms with van der Waals surface area (Å²) in [5, 5.41) is 11.4. The molecule has 3 aliphatic heterocycles. The smallest absolute Gasteiger partial charge is 0.345 e. The van der Waals surface area contributed by atoms with Crippen molar-refractivity contribution in [3.8, 4) is 62.5 Å². The Balaban J connectivity index is 1.13. The first-order valence-electron chi connectivity index (χ1n) is 20.7. The van der Waals surface area contributed by atoms with E-state index in [0.29, 0.717) is 79.4 Å². The second-order valence-electron chi connectivity index (χ2n) is 15.6. The number of likely N-dealkylation sites (N-methyl/N-ethyl adjacent to an activating group) is 1. The molecule has 0 radical (unpaired) electrons. The van der Waals surface area contributed by atoms with E-state index in [-0.39, 0.29) is 30.7 Å². The van der Waals surface area contributed by atoms with E-state index in [1.165, 1.54) is 18.3 Å². The number of carbonyl (C=O) groups is 1. The Labute approximate surface area is 378 Å². The Hall–Kier alpha value is -6.45.